The predicted octanol–water partition coefficient (Wildman–Crippen LogP) is 2.46. The van der Waals surface area contributed by atoms with Crippen molar-refractivity contribution in [3.05, 3.63) is 35.5 Å². The number of rotatable bonds is 2. The van der Waals surface area contributed by atoms with Crippen molar-refractivity contribution in [1.29, 1.82) is 0 Å². The summed E-state index contributed by atoms with van der Waals surface area (Å²) < 4.78 is 43.5. The summed E-state index contributed by atoms with van der Waals surface area (Å²) in [6.45, 7) is 0. The van der Waals surface area contributed by atoms with Crippen molar-refractivity contribution in [3.63, 3.8) is 0 Å². The van der Waals surface area contributed by atoms with Crippen LogP contribution in [0.4, 0.5) is 19.0 Å². The molecular formula is C12H10F3N3O2. The number of esters is 1. The largest absolute Gasteiger partial charge is 0.464 e. The Bertz CT molecular complexity index is 650. The lowest BCUT2D eigenvalue weighted by Gasteiger charge is -2.12. The molecule has 5 nitrogen and oxygen atoms in total. The zero-order valence-electron chi connectivity index (χ0n) is 10.3. The molecule has 8 heteroatoms. The van der Waals surface area contributed by atoms with Crippen LogP contribution in [0.2, 0.25) is 0 Å². The number of hydrogen-bond acceptors (Lipinski definition) is 4. The molecule has 20 heavy (non-hydrogen) atoms. The van der Waals surface area contributed by atoms with Crippen molar-refractivity contribution in [2.45, 2.75) is 6.18 Å². The van der Waals surface area contributed by atoms with Crippen molar-refractivity contribution in [2.24, 2.45) is 0 Å². The van der Waals surface area contributed by atoms with E-state index >= 15 is 0 Å². The van der Waals surface area contributed by atoms with Gasteiger partial charge in [0.1, 0.15) is 0 Å². The maximum absolute atomic E-state index is 13.0. The first-order valence-electron chi connectivity index (χ1n) is 5.45. The fraction of sp³-hybridized carbons (Fsp3) is 0.167. The number of nitrogens with two attached hydrogens (primary N) is 1. The van der Waals surface area contributed by atoms with E-state index in [9.17, 15) is 18.0 Å². The first kappa shape index (κ1) is 13.9. The summed E-state index contributed by atoms with van der Waals surface area (Å²) in [6.07, 6.45) is -4.58. The molecule has 106 valence electrons. The van der Waals surface area contributed by atoms with Gasteiger partial charge in [0.2, 0.25) is 0 Å². The molecule has 1 aromatic heterocycles. The highest BCUT2D eigenvalue weighted by Crippen LogP contribution is 2.39. The lowest BCUT2D eigenvalue weighted by atomic mass is 9.99. The van der Waals surface area contributed by atoms with Gasteiger partial charge in [0.05, 0.1) is 18.2 Å². The van der Waals surface area contributed by atoms with Gasteiger partial charge < -0.3 is 10.5 Å². The Labute approximate surface area is 111 Å². The second-order valence-electron chi connectivity index (χ2n) is 3.89. The summed E-state index contributed by atoms with van der Waals surface area (Å²) in [7, 11) is 1.11. The third kappa shape index (κ3) is 2.31. The molecule has 0 fully saturated rings. The van der Waals surface area contributed by atoms with E-state index in [4.69, 9.17) is 5.73 Å². The van der Waals surface area contributed by atoms with E-state index in [-0.39, 0.29) is 22.6 Å². The van der Waals surface area contributed by atoms with Crippen LogP contribution >= 0.6 is 0 Å². The molecular weight excluding hydrogens is 275 g/mol. The van der Waals surface area contributed by atoms with Gasteiger partial charge in [0.15, 0.2) is 11.5 Å². The fourth-order valence-electron chi connectivity index (χ4n) is 1.83. The van der Waals surface area contributed by atoms with E-state index < -0.39 is 17.7 Å². The molecule has 0 saturated carbocycles. The Morgan fingerprint density at radius 1 is 1.35 bits per heavy atom. The molecule has 1 aromatic carbocycles. The molecule has 1 heterocycles. The smallest absolute Gasteiger partial charge is 0.417 e. The van der Waals surface area contributed by atoms with E-state index in [1.807, 2.05) is 0 Å². The first-order chi connectivity index (χ1) is 9.36. The van der Waals surface area contributed by atoms with Crippen molar-refractivity contribution in [3.8, 4) is 11.1 Å². The zero-order valence-corrected chi connectivity index (χ0v) is 10.3. The van der Waals surface area contributed by atoms with Crippen molar-refractivity contribution in [2.75, 3.05) is 12.8 Å². The number of H-pyrrole nitrogens is 1. The molecule has 3 N–H and O–H groups in total. The number of alkyl halides is 3. The number of halogens is 3. The molecule has 0 bridgehead atoms. The number of aromatic nitrogens is 2. The van der Waals surface area contributed by atoms with Gasteiger partial charge in [-0.25, -0.2) is 4.79 Å². The SMILES string of the molecule is COC(=O)c1[nH]nc(N)c1-c1ccccc1C(F)(F)F. The van der Waals surface area contributed by atoms with Crippen LogP contribution in [0.5, 0.6) is 0 Å². The van der Waals surface area contributed by atoms with E-state index in [1.54, 1.807) is 0 Å². The number of nitrogen functional groups attached to an aromatic ring is 1. The predicted molar refractivity (Wildman–Crippen MR) is 64.8 cm³/mol. The number of anilines is 1. The number of hydrogen-bond donors (Lipinski definition) is 2. The van der Waals surface area contributed by atoms with Crippen LogP contribution in [0, 0.1) is 0 Å². The summed E-state index contributed by atoms with van der Waals surface area (Å²) in [5, 5.41) is 5.85. The Morgan fingerprint density at radius 2 is 2.00 bits per heavy atom. The number of nitrogens with zero attached hydrogens (tertiary/aromatic N) is 1. The summed E-state index contributed by atoms with van der Waals surface area (Å²) in [5.41, 5.74) is 4.09. The second kappa shape index (κ2) is 4.87. The molecule has 0 aliphatic carbocycles. The molecule has 0 radical (unpaired) electrons. The van der Waals surface area contributed by atoms with Crippen molar-refractivity contribution in [1.82, 2.24) is 10.2 Å². The Hall–Kier alpha value is -2.51. The van der Waals surface area contributed by atoms with Crippen molar-refractivity contribution < 1.29 is 22.7 Å². The highest BCUT2D eigenvalue weighted by molar-refractivity contribution is 5.99. The van der Waals surface area contributed by atoms with Gasteiger partial charge in [-0.15, -0.1) is 0 Å². The number of nitrogens with one attached hydrogen (secondary N) is 1. The number of carbonyl (C=O) groups is 1. The molecule has 0 unspecified atom stereocenters. The van der Waals surface area contributed by atoms with E-state index in [0.29, 0.717) is 0 Å². The topological polar surface area (TPSA) is 81.0 Å². The average molecular weight is 285 g/mol. The molecule has 2 aromatic rings. The fourth-order valence-corrected chi connectivity index (χ4v) is 1.83. The molecule has 0 amide bonds. The lowest BCUT2D eigenvalue weighted by molar-refractivity contribution is -0.137. The van der Waals surface area contributed by atoms with Gasteiger partial charge in [-0.3, -0.25) is 5.10 Å². The normalized spacial score (nSPS) is 11.4. The number of benzene rings is 1. The van der Waals surface area contributed by atoms with Crippen LogP contribution in [0.15, 0.2) is 24.3 Å². The summed E-state index contributed by atoms with van der Waals surface area (Å²) in [4.78, 5) is 11.6. The van der Waals surface area contributed by atoms with E-state index in [2.05, 4.69) is 14.9 Å². The monoisotopic (exact) mass is 285 g/mol. The number of carbonyl (C=O) groups excluding carboxylic acids is 1. The van der Waals surface area contributed by atoms with Gasteiger partial charge >= 0.3 is 12.1 Å². The highest BCUT2D eigenvalue weighted by Gasteiger charge is 2.35. The van der Waals surface area contributed by atoms with Crippen LogP contribution < -0.4 is 5.73 Å². The summed E-state index contributed by atoms with van der Waals surface area (Å²) in [5.74, 6) is -1.05. The number of ether oxygens (including phenoxy) is 1. The Balaban J connectivity index is 2.70. The minimum absolute atomic E-state index is 0.121. The van der Waals surface area contributed by atoms with Gasteiger partial charge in [0.25, 0.3) is 0 Å². The molecule has 0 spiro atoms. The van der Waals surface area contributed by atoms with Crippen LogP contribution in [0.25, 0.3) is 11.1 Å². The Kier molecular flexibility index (Phi) is 3.39. The minimum atomic E-state index is -4.58. The van der Waals surface area contributed by atoms with Gasteiger partial charge in [-0.05, 0) is 6.07 Å². The standard InChI is InChI=1S/C12H10F3N3O2/c1-20-11(19)9-8(10(16)18-17-9)6-4-2-3-5-7(6)12(13,14)15/h2-5H,1H3,(H3,16,17,18). The van der Waals surface area contributed by atoms with Crippen LogP contribution in [0.3, 0.4) is 0 Å². The lowest BCUT2D eigenvalue weighted by Crippen LogP contribution is -2.09. The minimum Gasteiger partial charge on any atom is -0.464 e. The molecule has 0 atom stereocenters. The molecule has 2 rings (SSSR count). The third-order valence-electron chi connectivity index (χ3n) is 2.69. The van der Waals surface area contributed by atoms with Crippen molar-refractivity contribution >= 4 is 11.8 Å². The number of aromatic amines is 1. The molecule has 0 saturated heterocycles. The van der Waals surface area contributed by atoms with E-state index in [1.165, 1.54) is 18.2 Å². The first-order valence-corrected chi connectivity index (χ1v) is 5.45. The quantitative estimate of drug-likeness (QED) is 0.830. The van der Waals surface area contributed by atoms with Crippen LogP contribution in [0.1, 0.15) is 16.1 Å². The van der Waals surface area contributed by atoms with E-state index in [0.717, 1.165) is 13.2 Å². The van der Waals surface area contributed by atoms with Gasteiger partial charge in [0, 0.05) is 5.56 Å². The summed E-state index contributed by atoms with van der Waals surface area (Å²) in [6, 6.07) is 4.79. The molecule has 0 aliphatic rings. The number of methoxy groups -OCH3 is 1. The molecule has 0 aliphatic heterocycles. The average Bonchev–Trinajstić information content (AvgIpc) is 2.78. The highest BCUT2D eigenvalue weighted by atomic mass is 19.4. The Morgan fingerprint density at radius 3 is 2.60 bits per heavy atom. The van der Waals surface area contributed by atoms with Gasteiger partial charge in [-0.1, -0.05) is 18.2 Å². The maximum Gasteiger partial charge on any atom is 0.417 e. The van der Waals surface area contributed by atoms with Crippen LogP contribution in [-0.2, 0) is 10.9 Å². The maximum atomic E-state index is 13.0. The van der Waals surface area contributed by atoms with Gasteiger partial charge in [-0.2, -0.15) is 18.3 Å². The summed E-state index contributed by atoms with van der Waals surface area (Å²) >= 11 is 0. The third-order valence-corrected chi connectivity index (χ3v) is 2.69. The zero-order chi connectivity index (χ0) is 14.9. The van der Waals surface area contributed by atoms with Crippen LogP contribution in [-0.4, -0.2) is 23.3 Å². The second-order valence-corrected chi connectivity index (χ2v) is 3.89.